The first-order valence-electron chi connectivity index (χ1n) is 9.86. The van der Waals surface area contributed by atoms with Gasteiger partial charge in [0.15, 0.2) is 0 Å². The Labute approximate surface area is 183 Å². The molecule has 3 heterocycles. The minimum Gasteiger partial charge on any atom is -0.321 e. The maximum atomic E-state index is 12.9. The molecule has 30 heavy (non-hydrogen) atoms. The summed E-state index contributed by atoms with van der Waals surface area (Å²) in [5.41, 5.74) is 7.42. The lowest BCUT2D eigenvalue weighted by Crippen LogP contribution is -2.52. The number of amides is 1. The lowest BCUT2D eigenvalue weighted by atomic mass is 10.1. The van der Waals surface area contributed by atoms with Crippen LogP contribution in [0.2, 0.25) is 5.02 Å². The van der Waals surface area contributed by atoms with E-state index in [0.29, 0.717) is 13.1 Å². The quantitative estimate of drug-likeness (QED) is 0.515. The number of aromatic nitrogens is 1. The van der Waals surface area contributed by atoms with Gasteiger partial charge in [0.1, 0.15) is 6.17 Å². The second-order valence-electron chi connectivity index (χ2n) is 7.62. The van der Waals surface area contributed by atoms with E-state index >= 15 is 0 Å². The molecule has 0 aliphatic carbocycles. The summed E-state index contributed by atoms with van der Waals surface area (Å²) in [6.45, 7) is 2.55. The van der Waals surface area contributed by atoms with E-state index in [0.717, 1.165) is 34.4 Å². The van der Waals surface area contributed by atoms with Crippen molar-refractivity contribution in [3.8, 4) is 0 Å². The second-order valence-corrected chi connectivity index (χ2v) is 9.22. The fourth-order valence-electron chi connectivity index (χ4n) is 3.99. The summed E-state index contributed by atoms with van der Waals surface area (Å²) in [6.07, 6.45) is 3.16. The zero-order chi connectivity index (χ0) is 20.7. The van der Waals surface area contributed by atoms with Crippen molar-refractivity contribution in [3.05, 3.63) is 76.4 Å². The molecule has 1 aliphatic rings. The number of pyridine rings is 1. The number of fused-ring (bicyclic) bond motifs is 2. The van der Waals surface area contributed by atoms with Gasteiger partial charge >= 0.3 is 0 Å². The van der Waals surface area contributed by atoms with Gasteiger partial charge in [-0.1, -0.05) is 29.8 Å². The Hall–Kier alpha value is -2.51. The molecule has 5 rings (SSSR count). The Morgan fingerprint density at radius 2 is 1.93 bits per heavy atom. The number of hydrogen-bond acceptors (Lipinski definition) is 5. The number of benzene rings is 2. The van der Waals surface area contributed by atoms with Crippen molar-refractivity contribution in [1.29, 1.82) is 0 Å². The molecule has 1 fully saturated rings. The highest BCUT2D eigenvalue weighted by molar-refractivity contribution is 7.19. The number of rotatable bonds is 4. The van der Waals surface area contributed by atoms with Gasteiger partial charge in [0, 0.05) is 52.0 Å². The minimum atomic E-state index is -0.441. The van der Waals surface area contributed by atoms with E-state index in [1.807, 2.05) is 48.7 Å². The van der Waals surface area contributed by atoms with Crippen LogP contribution in [0.25, 0.3) is 20.9 Å². The van der Waals surface area contributed by atoms with Crippen LogP contribution < -0.4 is 5.73 Å². The van der Waals surface area contributed by atoms with Crippen LogP contribution >= 0.6 is 22.9 Å². The summed E-state index contributed by atoms with van der Waals surface area (Å²) in [4.78, 5) is 22.2. The van der Waals surface area contributed by atoms with E-state index in [4.69, 9.17) is 17.3 Å². The van der Waals surface area contributed by atoms with Gasteiger partial charge in [0.2, 0.25) is 5.91 Å². The highest BCUT2D eigenvalue weighted by Crippen LogP contribution is 2.30. The Morgan fingerprint density at radius 3 is 2.80 bits per heavy atom. The number of nitrogens with two attached hydrogens (primary N) is 1. The van der Waals surface area contributed by atoms with Crippen LogP contribution in [-0.2, 0) is 11.3 Å². The average molecular weight is 437 g/mol. The highest BCUT2D eigenvalue weighted by atomic mass is 35.5. The van der Waals surface area contributed by atoms with Gasteiger partial charge in [-0.15, -0.1) is 11.3 Å². The molecule has 152 valence electrons. The number of carbonyl (C=O) groups excluding carboxylic acids is 1. The predicted octanol–water partition coefficient (Wildman–Crippen LogP) is 4.40. The standard InChI is InChI=1S/C23H21ClN4OS/c24-19-4-3-16-10-20(30-21(16)11-19)13-27-7-8-28(22(29)14-27)23(25)17-1-2-18-12-26-6-5-15(18)9-17/h1-6,9-12,23H,7-8,13-14,25H2. The zero-order valence-corrected chi connectivity index (χ0v) is 17.9. The van der Waals surface area contributed by atoms with E-state index in [9.17, 15) is 4.79 Å². The van der Waals surface area contributed by atoms with E-state index in [1.165, 1.54) is 15.0 Å². The Kier molecular flexibility index (Phi) is 5.16. The van der Waals surface area contributed by atoms with Crippen LogP contribution in [0.3, 0.4) is 0 Å². The lowest BCUT2D eigenvalue weighted by molar-refractivity contribution is -0.139. The van der Waals surface area contributed by atoms with Crippen molar-refractivity contribution in [2.75, 3.05) is 19.6 Å². The smallest absolute Gasteiger partial charge is 0.238 e. The van der Waals surface area contributed by atoms with Crippen LogP contribution in [-0.4, -0.2) is 40.3 Å². The normalized spacial score (nSPS) is 16.5. The first-order chi connectivity index (χ1) is 14.6. The van der Waals surface area contributed by atoms with Crippen LogP contribution in [0.5, 0.6) is 0 Å². The summed E-state index contributed by atoms with van der Waals surface area (Å²) >= 11 is 7.83. The molecule has 1 atom stereocenters. The Bertz CT molecular complexity index is 1240. The maximum Gasteiger partial charge on any atom is 0.238 e. The van der Waals surface area contributed by atoms with Crippen LogP contribution in [0.4, 0.5) is 0 Å². The van der Waals surface area contributed by atoms with E-state index in [2.05, 4.69) is 16.0 Å². The Balaban J connectivity index is 1.27. The van der Waals surface area contributed by atoms with Gasteiger partial charge in [-0.2, -0.15) is 0 Å². The highest BCUT2D eigenvalue weighted by Gasteiger charge is 2.29. The topological polar surface area (TPSA) is 62.5 Å². The number of nitrogens with zero attached hydrogens (tertiary/aromatic N) is 3. The summed E-state index contributed by atoms with van der Waals surface area (Å²) < 4.78 is 1.18. The van der Waals surface area contributed by atoms with Gasteiger partial charge in [-0.3, -0.25) is 14.7 Å². The van der Waals surface area contributed by atoms with Crippen molar-refractivity contribution in [2.45, 2.75) is 12.7 Å². The molecular weight excluding hydrogens is 416 g/mol. The lowest BCUT2D eigenvalue weighted by Gasteiger charge is -2.37. The third-order valence-electron chi connectivity index (χ3n) is 5.59. The molecule has 0 saturated carbocycles. The number of hydrogen-bond donors (Lipinski definition) is 1. The summed E-state index contributed by atoms with van der Waals surface area (Å²) in [7, 11) is 0. The van der Waals surface area contributed by atoms with Crippen molar-refractivity contribution in [1.82, 2.24) is 14.8 Å². The van der Waals surface area contributed by atoms with Gasteiger partial charge in [-0.05, 0) is 46.7 Å². The fraction of sp³-hybridized carbons (Fsp3) is 0.217. The fourth-order valence-corrected chi connectivity index (χ4v) is 5.37. The monoisotopic (exact) mass is 436 g/mol. The second kappa shape index (κ2) is 7.96. The number of halogens is 1. The SMILES string of the molecule is NC(c1ccc2cnccc2c1)N1CCN(Cc2cc3ccc(Cl)cc3s2)CC1=O. The first kappa shape index (κ1) is 19.5. The molecule has 1 saturated heterocycles. The number of carbonyl (C=O) groups is 1. The van der Waals surface area contributed by atoms with Crippen LogP contribution in [0, 0.1) is 0 Å². The van der Waals surface area contributed by atoms with Gasteiger partial charge < -0.3 is 10.6 Å². The molecule has 1 unspecified atom stereocenters. The molecule has 0 bridgehead atoms. The van der Waals surface area contributed by atoms with Crippen molar-refractivity contribution in [2.24, 2.45) is 5.73 Å². The third-order valence-corrected chi connectivity index (χ3v) is 6.91. The van der Waals surface area contributed by atoms with Gasteiger partial charge in [-0.25, -0.2) is 0 Å². The Morgan fingerprint density at radius 1 is 1.07 bits per heavy atom. The predicted molar refractivity (Wildman–Crippen MR) is 122 cm³/mol. The summed E-state index contributed by atoms with van der Waals surface area (Å²) in [6, 6.07) is 16.1. The molecule has 0 radical (unpaired) electrons. The minimum absolute atomic E-state index is 0.0627. The van der Waals surface area contributed by atoms with Gasteiger partial charge in [0.05, 0.1) is 6.54 Å². The molecule has 2 aromatic heterocycles. The molecule has 1 aliphatic heterocycles. The van der Waals surface area contributed by atoms with E-state index in [1.54, 1.807) is 22.4 Å². The maximum absolute atomic E-state index is 12.9. The molecule has 1 amide bonds. The van der Waals surface area contributed by atoms with E-state index < -0.39 is 6.17 Å². The molecular formula is C23H21ClN4OS. The molecule has 2 aromatic carbocycles. The van der Waals surface area contributed by atoms with E-state index in [-0.39, 0.29) is 5.91 Å². The van der Waals surface area contributed by atoms with Crippen molar-refractivity contribution in [3.63, 3.8) is 0 Å². The zero-order valence-electron chi connectivity index (χ0n) is 16.3. The van der Waals surface area contributed by atoms with Crippen LogP contribution in [0.15, 0.2) is 60.9 Å². The largest absolute Gasteiger partial charge is 0.321 e. The summed E-state index contributed by atoms with van der Waals surface area (Å²) in [5, 5.41) is 4.08. The van der Waals surface area contributed by atoms with Crippen molar-refractivity contribution < 1.29 is 4.79 Å². The summed E-state index contributed by atoms with van der Waals surface area (Å²) in [5.74, 6) is 0.0627. The molecule has 7 heteroatoms. The number of thiophene rings is 1. The molecule has 2 N–H and O–H groups in total. The van der Waals surface area contributed by atoms with Crippen LogP contribution in [0.1, 0.15) is 16.6 Å². The average Bonchev–Trinajstić information content (AvgIpc) is 3.14. The molecule has 4 aromatic rings. The molecule has 0 spiro atoms. The molecule has 5 nitrogen and oxygen atoms in total. The number of piperazine rings is 1. The third kappa shape index (κ3) is 3.79. The van der Waals surface area contributed by atoms with Gasteiger partial charge in [0.25, 0.3) is 0 Å². The van der Waals surface area contributed by atoms with Crippen molar-refractivity contribution >= 4 is 49.7 Å². The first-order valence-corrected chi connectivity index (χ1v) is 11.1.